The lowest BCUT2D eigenvalue weighted by Gasteiger charge is -2.30. The van der Waals surface area contributed by atoms with Crippen LogP contribution in [-0.4, -0.2) is 32.8 Å². The van der Waals surface area contributed by atoms with Crippen LogP contribution in [0.3, 0.4) is 0 Å². The fraction of sp³-hybridized carbons (Fsp3) is 0.455. The summed E-state index contributed by atoms with van der Waals surface area (Å²) in [4.78, 5) is 23.3. The van der Waals surface area contributed by atoms with Crippen LogP contribution >= 0.6 is 23.1 Å². The molecule has 3 aromatic rings. The van der Waals surface area contributed by atoms with Gasteiger partial charge in [0.1, 0.15) is 4.83 Å². The molecule has 1 aliphatic heterocycles. The first-order valence-electron chi connectivity index (χ1n) is 10.0. The van der Waals surface area contributed by atoms with Gasteiger partial charge in [0.2, 0.25) is 0 Å². The molecule has 0 bridgehead atoms. The molecule has 4 nitrogen and oxygen atoms in total. The smallest absolute Gasteiger partial charge is 0.267 e. The molecule has 0 N–H and O–H groups in total. The highest BCUT2D eigenvalue weighted by atomic mass is 32.2. The van der Waals surface area contributed by atoms with Crippen LogP contribution < -0.4 is 5.56 Å². The first-order chi connectivity index (χ1) is 13.5. The van der Waals surface area contributed by atoms with Crippen molar-refractivity contribution in [3.05, 3.63) is 50.6 Å². The Morgan fingerprint density at radius 1 is 1.25 bits per heavy atom. The minimum absolute atomic E-state index is 0.0861. The molecule has 0 radical (unpaired) electrons. The zero-order valence-electron chi connectivity index (χ0n) is 17.0. The van der Waals surface area contributed by atoms with E-state index in [1.807, 2.05) is 16.7 Å². The molecule has 0 spiro atoms. The number of thiophene rings is 1. The van der Waals surface area contributed by atoms with E-state index < -0.39 is 0 Å². The average Bonchev–Trinajstić information content (AvgIpc) is 3.05. The molecule has 1 aromatic carbocycles. The number of fused-ring (bicyclic) bond motifs is 3. The number of hydrogen-bond donors (Lipinski definition) is 0. The zero-order chi connectivity index (χ0) is 19.8. The van der Waals surface area contributed by atoms with E-state index in [-0.39, 0.29) is 5.56 Å². The molecule has 6 heteroatoms. The van der Waals surface area contributed by atoms with Gasteiger partial charge in [-0.2, -0.15) is 0 Å². The van der Waals surface area contributed by atoms with E-state index in [2.05, 4.69) is 44.7 Å². The maximum Gasteiger partial charge on any atom is 0.267 e. The van der Waals surface area contributed by atoms with Crippen molar-refractivity contribution >= 4 is 33.3 Å². The van der Waals surface area contributed by atoms with Crippen LogP contribution in [0.1, 0.15) is 43.2 Å². The Balaban J connectivity index is 1.91. The van der Waals surface area contributed by atoms with E-state index in [4.69, 9.17) is 4.98 Å². The molecule has 2 aromatic heterocycles. The van der Waals surface area contributed by atoms with Crippen LogP contribution in [-0.2, 0) is 13.0 Å². The Morgan fingerprint density at radius 3 is 2.68 bits per heavy atom. The Morgan fingerprint density at radius 2 is 2.00 bits per heavy atom. The Kier molecular flexibility index (Phi) is 5.63. The molecule has 1 aliphatic rings. The molecule has 3 heterocycles. The van der Waals surface area contributed by atoms with Crippen LogP contribution in [0.4, 0.5) is 0 Å². The summed E-state index contributed by atoms with van der Waals surface area (Å²) in [6, 6.07) is 8.69. The summed E-state index contributed by atoms with van der Waals surface area (Å²) >= 11 is 3.38. The summed E-state index contributed by atoms with van der Waals surface area (Å²) < 4.78 is 1.82. The second kappa shape index (κ2) is 8.01. The Labute approximate surface area is 174 Å². The standard InChI is InChI=1S/C22H27N3OS2/c1-5-12-27-22-23-20-19(17-10-11-24(14(2)3)13-18(17)28-20)21(26)25(22)16-8-6-15(4)7-9-16/h6-9,14H,5,10-13H2,1-4H3. The molecule has 0 saturated carbocycles. The predicted octanol–water partition coefficient (Wildman–Crippen LogP) is 5.02. The maximum absolute atomic E-state index is 13.6. The second-order valence-corrected chi connectivity index (χ2v) is 9.86. The topological polar surface area (TPSA) is 38.1 Å². The van der Waals surface area contributed by atoms with E-state index in [0.717, 1.165) is 52.7 Å². The summed E-state index contributed by atoms with van der Waals surface area (Å²) in [5, 5.41) is 1.65. The van der Waals surface area contributed by atoms with Gasteiger partial charge in [0.15, 0.2) is 5.16 Å². The number of benzene rings is 1. The van der Waals surface area contributed by atoms with Gasteiger partial charge in [-0.3, -0.25) is 14.3 Å². The number of hydrogen-bond acceptors (Lipinski definition) is 5. The molecule has 28 heavy (non-hydrogen) atoms. The third-order valence-electron chi connectivity index (χ3n) is 5.33. The molecule has 0 fully saturated rings. The number of thioether (sulfide) groups is 1. The molecule has 0 amide bonds. The van der Waals surface area contributed by atoms with Crippen molar-refractivity contribution in [3.63, 3.8) is 0 Å². The van der Waals surface area contributed by atoms with Gasteiger partial charge in [0.05, 0.1) is 11.1 Å². The van der Waals surface area contributed by atoms with Gasteiger partial charge < -0.3 is 0 Å². The number of aryl methyl sites for hydroxylation is 1. The van der Waals surface area contributed by atoms with E-state index >= 15 is 0 Å². The molecular formula is C22H27N3OS2. The van der Waals surface area contributed by atoms with Gasteiger partial charge >= 0.3 is 0 Å². The van der Waals surface area contributed by atoms with Gasteiger partial charge in [-0.1, -0.05) is 36.4 Å². The third-order valence-corrected chi connectivity index (χ3v) is 7.59. The molecule has 0 saturated heterocycles. The van der Waals surface area contributed by atoms with Crippen molar-refractivity contribution in [1.29, 1.82) is 0 Å². The lowest BCUT2D eigenvalue weighted by molar-refractivity contribution is 0.206. The first-order valence-corrected chi connectivity index (χ1v) is 11.8. The van der Waals surface area contributed by atoms with Crippen LogP contribution in [0, 0.1) is 6.92 Å². The molecular weight excluding hydrogens is 386 g/mol. The van der Waals surface area contributed by atoms with Gasteiger partial charge in [-0.25, -0.2) is 4.98 Å². The lowest BCUT2D eigenvalue weighted by atomic mass is 10.0. The van der Waals surface area contributed by atoms with Crippen molar-refractivity contribution in [2.24, 2.45) is 0 Å². The second-order valence-electron chi connectivity index (χ2n) is 7.72. The maximum atomic E-state index is 13.6. The quantitative estimate of drug-likeness (QED) is 0.435. The summed E-state index contributed by atoms with van der Waals surface area (Å²) in [7, 11) is 0. The number of nitrogens with zero attached hydrogens (tertiary/aromatic N) is 3. The van der Waals surface area contributed by atoms with E-state index in [1.54, 1.807) is 23.1 Å². The van der Waals surface area contributed by atoms with E-state index in [9.17, 15) is 4.79 Å². The van der Waals surface area contributed by atoms with Gasteiger partial charge in [-0.05, 0) is 51.3 Å². The fourth-order valence-electron chi connectivity index (χ4n) is 3.70. The highest BCUT2D eigenvalue weighted by Crippen LogP contribution is 2.34. The summed E-state index contributed by atoms with van der Waals surface area (Å²) in [6.07, 6.45) is 1.98. The van der Waals surface area contributed by atoms with Crippen LogP contribution in [0.5, 0.6) is 0 Å². The minimum Gasteiger partial charge on any atom is -0.296 e. The van der Waals surface area contributed by atoms with Crippen LogP contribution in [0.2, 0.25) is 0 Å². The van der Waals surface area contributed by atoms with Gasteiger partial charge in [0, 0.05) is 29.8 Å². The number of rotatable bonds is 5. The average molecular weight is 414 g/mol. The summed E-state index contributed by atoms with van der Waals surface area (Å²) in [5.74, 6) is 0.954. The van der Waals surface area contributed by atoms with Gasteiger partial charge in [-0.15, -0.1) is 11.3 Å². The fourth-order valence-corrected chi connectivity index (χ4v) is 5.85. The van der Waals surface area contributed by atoms with Crippen molar-refractivity contribution in [2.45, 2.75) is 58.3 Å². The summed E-state index contributed by atoms with van der Waals surface area (Å²) in [5.41, 5.74) is 3.41. The van der Waals surface area contributed by atoms with Crippen molar-refractivity contribution in [2.75, 3.05) is 12.3 Å². The van der Waals surface area contributed by atoms with Crippen LogP contribution in [0.15, 0.2) is 34.2 Å². The molecule has 0 unspecified atom stereocenters. The highest BCUT2D eigenvalue weighted by molar-refractivity contribution is 7.99. The highest BCUT2D eigenvalue weighted by Gasteiger charge is 2.26. The largest absolute Gasteiger partial charge is 0.296 e. The SMILES string of the molecule is CCCSc1nc2sc3c(c2c(=O)n1-c1ccc(C)cc1)CCN(C(C)C)C3. The Hall–Kier alpha value is -1.63. The Bertz CT molecular complexity index is 1050. The zero-order valence-corrected chi connectivity index (χ0v) is 18.6. The molecule has 4 rings (SSSR count). The lowest BCUT2D eigenvalue weighted by Crippen LogP contribution is -2.35. The predicted molar refractivity (Wildman–Crippen MR) is 120 cm³/mol. The normalized spacial score (nSPS) is 14.8. The molecule has 0 aliphatic carbocycles. The summed E-state index contributed by atoms with van der Waals surface area (Å²) in [6.45, 7) is 10.6. The molecule has 148 valence electrons. The van der Waals surface area contributed by atoms with Crippen molar-refractivity contribution in [3.8, 4) is 5.69 Å². The third kappa shape index (κ3) is 3.53. The molecule has 0 atom stereocenters. The minimum atomic E-state index is 0.0861. The van der Waals surface area contributed by atoms with Crippen molar-refractivity contribution in [1.82, 2.24) is 14.5 Å². The first kappa shape index (κ1) is 19.7. The number of aromatic nitrogens is 2. The monoisotopic (exact) mass is 413 g/mol. The van der Waals surface area contributed by atoms with Gasteiger partial charge in [0.25, 0.3) is 5.56 Å². The van der Waals surface area contributed by atoms with Crippen LogP contribution in [0.25, 0.3) is 15.9 Å². The van der Waals surface area contributed by atoms with E-state index in [0.29, 0.717) is 6.04 Å². The van der Waals surface area contributed by atoms with Crippen molar-refractivity contribution < 1.29 is 0 Å². The van der Waals surface area contributed by atoms with E-state index in [1.165, 1.54) is 16.0 Å².